The van der Waals surface area contributed by atoms with E-state index in [1.165, 1.54) is 5.56 Å². The van der Waals surface area contributed by atoms with Crippen molar-refractivity contribution in [1.82, 2.24) is 4.98 Å². The fraction of sp³-hybridized carbons (Fsp3) is 0.360. The van der Waals surface area contributed by atoms with Gasteiger partial charge in [-0.3, -0.25) is 0 Å². The van der Waals surface area contributed by atoms with E-state index >= 15 is 0 Å². The minimum atomic E-state index is -0.337. The third-order valence-corrected chi connectivity index (χ3v) is 7.01. The number of ether oxygens (including phenoxy) is 1. The maximum Gasteiger partial charge on any atom is 0.150 e. The van der Waals surface area contributed by atoms with Crippen LogP contribution in [0.2, 0.25) is 5.02 Å². The number of fused-ring (bicyclic) bond motifs is 1. The highest BCUT2D eigenvalue weighted by molar-refractivity contribution is 6.36. The second-order valence-electron chi connectivity index (χ2n) is 8.47. The van der Waals surface area contributed by atoms with E-state index in [1.807, 2.05) is 12.1 Å². The summed E-state index contributed by atoms with van der Waals surface area (Å²) in [6.45, 7) is 3.91. The molecule has 2 aliphatic rings. The van der Waals surface area contributed by atoms with E-state index in [0.29, 0.717) is 29.7 Å². The predicted octanol–water partition coefficient (Wildman–Crippen LogP) is 4.48. The quantitative estimate of drug-likeness (QED) is 0.596. The van der Waals surface area contributed by atoms with Gasteiger partial charge in [0.25, 0.3) is 0 Å². The number of piperidine rings is 1. The summed E-state index contributed by atoms with van der Waals surface area (Å²) in [5.41, 5.74) is 5.14. The van der Waals surface area contributed by atoms with Crippen molar-refractivity contribution in [2.24, 2.45) is 0 Å². The molecule has 2 aromatic carbocycles. The number of hydrogen-bond donors (Lipinski definition) is 1. The molecule has 0 radical (unpaired) electrons. The van der Waals surface area contributed by atoms with E-state index in [-0.39, 0.29) is 6.10 Å². The van der Waals surface area contributed by atoms with Gasteiger partial charge in [0.2, 0.25) is 0 Å². The lowest BCUT2D eigenvalue weighted by Gasteiger charge is -2.35. The van der Waals surface area contributed by atoms with Gasteiger partial charge < -0.3 is 24.3 Å². The third-order valence-electron chi connectivity index (χ3n) is 6.69. The maximum absolute atomic E-state index is 11.1. The van der Waals surface area contributed by atoms with Gasteiger partial charge in [0, 0.05) is 36.9 Å². The molecule has 164 valence electrons. The molecule has 0 bridgehead atoms. The number of anilines is 2. The molecule has 0 aliphatic carbocycles. The first-order chi connectivity index (χ1) is 15.7. The minimum absolute atomic E-state index is 0.337. The van der Waals surface area contributed by atoms with E-state index in [0.717, 1.165) is 61.0 Å². The molecule has 3 heterocycles. The standard InChI is InChI=1S/C25H25ClN4O2/c26-22-5-6-23(25-24(22)19(13-27)14-28-25)29-9-7-18(8-10-29)17-1-3-20(4-2-17)30-11-12-32-21(15-30)16-31/h1-6,14,16,18,21,28H,7-12,15H2/t21-/m0/s1. The normalized spacial score (nSPS) is 19.8. The number of nitriles is 1. The van der Waals surface area contributed by atoms with E-state index in [4.69, 9.17) is 16.3 Å². The fourth-order valence-electron chi connectivity index (χ4n) is 4.95. The number of aromatic nitrogens is 1. The number of aromatic amines is 1. The van der Waals surface area contributed by atoms with Crippen molar-refractivity contribution in [3.8, 4) is 6.07 Å². The lowest BCUT2D eigenvalue weighted by molar-refractivity contribution is -0.118. The van der Waals surface area contributed by atoms with Crippen LogP contribution in [0.4, 0.5) is 11.4 Å². The summed E-state index contributed by atoms with van der Waals surface area (Å²) in [6.07, 6.45) is 4.42. The first-order valence-electron chi connectivity index (χ1n) is 11.0. The Morgan fingerprint density at radius 2 is 1.88 bits per heavy atom. The first kappa shape index (κ1) is 20.9. The van der Waals surface area contributed by atoms with Crippen LogP contribution >= 0.6 is 11.6 Å². The van der Waals surface area contributed by atoms with Gasteiger partial charge in [-0.25, -0.2) is 0 Å². The van der Waals surface area contributed by atoms with Crippen molar-refractivity contribution in [3.63, 3.8) is 0 Å². The average Bonchev–Trinajstić information content (AvgIpc) is 3.30. The molecule has 32 heavy (non-hydrogen) atoms. The molecule has 1 N–H and O–H groups in total. The molecule has 1 aromatic heterocycles. The molecule has 0 spiro atoms. The molecule has 2 saturated heterocycles. The van der Waals surface area contributed by atoms with E-state index in [9.17, 15) is 10.1 Å². The number of morpholine rings is 1. The number of H-pyrrole nitrogens is 1. The Kier molecular flexibility index (Phi) is 5.77. The van der Waals surface area contributed by atoms with Gasteiger partial charge in [-0.2, -0.15) is 5.26 Å². The second kappa shape index (κ2) is 8.85. The molecule has 7 heteroatoms. The predicted molar refractivity (Wildman–Crippen MR) is 127 cm³/mol. The van der Waals surface area contributed by atoms with Crippen LogP contribution < -0.4 is 9.80 Å². The van der Waals surface area contributed by atoms with Crippen LogP contribution in [0.25, 0.3) is 10.9 Å². The zero-order chi connectivity index (χ0) is 22.1. The number of carbonyl (C=O) groups excluding carboxylic acids is 1. The smallest absolute Gasteiger partial charge is 0.150 e. The number of aldehydes is 1. The lowest BCUT2D eigenvalue weighted by atomic mass is 9.89. The zero-order valence-electron chi connectivity index (χ0n) is 17.8. The van der Waals surface area contributed by atoms with Crippen LogP contribution in [0.15, 0.2) is 42.6 Å². The minimum Gasteiger partial charge on any atom is -0.370 e. The summed E-state index contributed by atoms with van der Waals surface area (Å²) < 4.78 is 5.45. The number of nitrogens with zero attached hydrogens (tertiary/aromatic N) is 3. The highest BCUT2D eigenvalue weighted by atomic mass is 35.5. The SMILES string of the molecule is N#Cc1c[nH]c2c(N3CCC(c4ccc(N5CCO[C@H](C=O)C5)cc4)CC3)ccc(Cl)c12. The Bertz CT molecular complexity index is 1160. The number of hydrogen-bond acceptors (Lipinski definition) is 5. The largest absolute Gasteiger partial charge is 0.370 e. The second-order valence-corrected chi connectivity index (χ2v) is 8.88. The fourth-order valence-corrected chi connectivity index (χ4v) is 5.21. The molecular formula is C25H25ClN4O2. The Hall–Kier alpha value is -3.01. The summed E-state index contributed by atoms with van der Waals surface area (Å²) in [4.78, 5) is 18.9. The van der Waals surface area contributed by atoms with Gasteiger partial charge in [0.15, 0.2) is 6.29 Å². The number of halogens is 1. The van der Waals surface area contributed by atoms with Crippen LogP contribution in [0.1, 0.15) is 29.9 Å². The van der Waals surface area contributed by atoms with E-state index in [2.05, 4.69) is 45.1 Å². The number of benzene rings is 2. The summed E-state index contributed by atoms with van der Waals surface area (Å²) in [6, 6.07) is 14.9. The molecular weight excluding hydrogens is 424 g/mol. The monoisotopic (exact) mass is 448 g/mol. The van der Waals surface area contributed by atoms with E-state index in [1.54, 1.807) is 6.20 Å². The number of rotatable bonds is 4. The zero-order valence-corrected chi connectivity index (χ0v) is 18.5. The summed E-state index contributed by atoms with van der Waals surface area (Å²) in [7, 11) is 0. The molecule has 5 rings (SSSR count). The summed E-state index contributed by atoms with van der Waals surface area (Å²) in [5, 5.41) is 10.8. The molecule has 2 aliphatic heterocycles. The lowest BCUT2D eigenvalue weighted by Crippen LogP contribution is -2.43. The molecule has 2 fully saturated rings. The number of carbonyl (C=O) groups is 1. The first-order valence-corrected chi connectivity index (χ1v) is 11.4. The van der Waals surface area contributed by atoms with Crippen LogP contribution in [-0.4, -0.2) is 50.2 Å². The van der Waals surface area contributed by atoms with Crippen LogP contribution in [-0.2, 0) is 9.53 Å². The van der Waals surface area contributed by atoms with Gasteiger partial charge in [-0.15, -0.1) is 0 Å². The Morgan fingerprint density at radius 1 is 1.09 bits per heavy atom. The van der Waals surface area contributed by atoms with Gasteiger partial charge in [-0.05, 0) is 48.6 Å². The van der Waals surface area contributed by atoms with Crippen molar-refractivity contribution in [1.29, 1.82) is 5.26 Å². The molecule has 0 unspecified atom stereocenters. The van der Waals surface area contributed by atoms with Crippen LogP contribution in [0.3, 0.4) is 0 Å². The summed E-state index contributed by atoms with van der Waals surface area (Å²) >= 11 is 6.36. The highest BCUT2D eigenvalue weighted by Crippen LogP contribution is 2.37. The molecule has 6 nitrogen and oxygen atoms in total. The van der Waals surface area contributed by atoms with Crippen LogP contribution in [0.5, 0.6) is 0 Å². The van der Waals surface area contributed by atoms with Crippen molar-refractivity contribution >= 4 is 40.2 Å². The van der Waals surface area contributed by atoms with Crippen molar-refractivity contribution in [2.45, 2.75) is 24.9 Å². The molecule has 0 amide bonds. The van der Waals surface area contributed by atoms with Crippen molar-refractivity contribution < 1.29 is 9.53 Å². The Morgan fingerprint density at radius 3 is 2.59 bits per heavy atom. The molecule has 0 saturated carbocycles. The number of nitrogens with one attached hydrogen (secondary N) is 1. The van der Waals surface area contributed by atoms with Gasteiger partial charge in [0.05, 0.1) is 34.9 Å². The molecule has 3 aromatic rings. The Balaban J connectivity index is 1.27. The maximum atomic E-state index is 11.1. The van der Waals surface area contributed by atoms with Crippen LogP contribution in [0, 0.1) is 11.3 Å². The van der Waals surface area contributed by atoms with Gasteiger partial charge >= 0.3 is 0 Å². The van der Waals surface area contributed by atoms with E-state index < -0.39 is 0 Å². The highest BCUT2D eigenvalue weighted by Gasteiger charge is 2.24. The van der Waals surface area contributed by atoms with Gasteiger partial charge in [-0.1, -0.05) is 23.7 Å². The van der Waals surface area contributed by atoms with Crippen molar-refractivity contribution in [2.75, 3.05) is 42.6 Å². The van der Waals surface area contributed by atoms with Crippen molar-refractivity contribution in [3.05, 3.63) is 58.7 Å². The summed E-state index contributed by atoms with van der Waals surface area (Å²) in [5.74, 6) is 0.522. The Labute approximate surface area is 192 Å². The average molecular weight is 449 g/mol. The topological polar surface area (TPSA) is 72.4 Å². The molecule has 1 atom stereocenters. The third kappa shape index (κ3) is 3.83. The van der Waals surface area contributed by atoms with Gasteiger partial charge in [0.1, 0.15) is 12.2 Å².